The molecule has 0 aliphatic rings. The lowest BCUT2D eigenvalue weighted by molar-refractivity contribution is 0.400. The number of furan rings is 1. The topological polar surface area (TPSA) is 25.2 Å². The summed E-state index contributed by atoms with van der Waals surface area (Å²) in [6.45, 7) is 4.51. The summed E-state index contributed by atoms with van der Waals surface area (Å²) in [5.74, 6) is 1.78. The van der Waals surface area contributed by atoms with Gasteiger partial charge >= 0.3 is 0 Å². The molecule has 2 heteroatoms. The van der Waals surface area contributed by atoms with Gasteiger partial charge in [-0.05, 0) is 37.9 Å². The lowest BCUT2D eigenvalue weighted by Gasteiger charge is -2.14. The monoisotopic (exact) mass is 231 g/mol. The molecule has 1 aromatic carbocycles. The molecule has 2 rings (SSSR count). The maximum absolute atomic E-state index is 5.89. The van der Waals surface area contributed by atoms with Crippen LogP contribution in [0.5, 0.6) is 0 Å². The summed E-state index contributed by atoms with van der Waals surface area (Å²) in [6.07, 6.45) is 2.33. The fourth-order valence-electron chi connectivity index (χ4n) is 2.10. The first-order valence-electron chi connectivity index (χ1n) is 6.36. The van der Waals surface area contributed by atoms with Gasteiger partial charge in [-0.3, -0.25) is 0 Å². The normalized spacial score (nSPS) is 13.4. The van der Waals surface area contributed by atoms with Gasteiger partial charge in [-0.15, -0.1) is 0 Å². The molecule has 1 N–H and O–H groups in total. The minimum Gasteiger partial charge on any atom is -0.459 e. The summed E-state index contributed by atoms with van der Waals surface area (Å²) >= 11 is 0. The van der Waals surface area contributed by atoms with E-state index in [1.165, 1.54) is 11.8 Å². The summed E-state index contributed by atoms with van der Waals surface area (Å²) in [7, 11) is 2.00. The first-order valence-corrected chi connectivity index (χ1v) is 6.36. The van der Waals surface area contributed by atoms with Crippen LogP contribution in [-0.4, -0.2) is 7.05 Å². The Morgan fingerprint density at radius 1 is 1.18 bits per heavy atom. The van der Waals surface area contributed by atoms with Crippen molar-refractivity contribution in [2.45, 2.75) is 32.7 Å². The molecule has 1 atom stereocenters. The van der Waals surface area contributed by atoms with Crippen molar-refractivity contribution < 1.29 is 4.42 Å². The van der Waals surface area contributed by atoms with Crippen LogP contribution in [0.4, 0.5) is 0 Å². The van der Waals surface area contributed by atoms with Gasteiger partial charge in [0.1, 0.15) is 11.3 Å². The minimum atomic E-state index is 0.324. The Balaban J connectivity index is 2.18. The van der Waals surface area contributed by atoms with E-state index in [0.29, 0.717) is 6.04 Å². The maximum atomic E-state index is 5.89. The largest absolute Gasteiger partial charge is 0.459 e. The lowest BCUT2D eigenvalue weighted by Crippen LogP contribution is -2.16. The third-order valence-electron chi connectivity index (χ3n) is 3.17. The van der Waals surface area contributed by atoms with Crippen LogP contribution < -0.4 is 5.32 Å². The molecule has 0 saturated heterocycles. The van der Waals surface area contributed by atoms with E-state index in [1.54, 1.807) is 0 Å². The van der Waals surface area contributed by atoms with Crippen molar-refractivity contribution in [1.29, 1.82) is 0 Å². The Morgan fingerprint density at radius 3 is 2.59 bits per heavy atom. The number of fused-ring (bicyclic) bond motifs is 1. The van der Waals surface area contributed by atoms with E-state index in [2.05, 4.69) is 31.3 Å². The summed E-state index contributed by atoms with van der Waals surface area (Å²) in [4.78, 5) is 0. The molecule has 92 valence electrons. The SMILES string of the molecule is CNC(CCC(C)C)c1cc2ccccc2o1. The number of para-hydroxylation sites is 1. The quantitative estimate of drug-likeness (QED) is 0.837. The van der Waals surface area contributed by atoms with Crippen molar-refractivity contribution in [3.63, 3.8) is 0 Å². The highest BCUT2D eigenvalue weighted by Crippen LogP contribution is 2.27. The summed E-state index contributed by atoms with van der Waals surface area (Å²) in [6, 6.07) is 10.6. The van der Waals surface area contributed by atoms with Crippen molar-refractivity contribution in [3.8, 4) is 0 Å². The molecule has 0 fully saturated rings. The summed E-state index contributed by atoms with van der Waals surface area (Å²) in [5, 5.41) is 4.53. The number of rotatable bonds is 5. The minimum absolute atomic E-state index is 0.324. The molecule has 0 radical (unpaired) electrons. The summed E-state index contributed by atoms with van der Waals surface area (Å²) < 4.78 is 5.89. The maximum Gasteiger partial charge on any atom is 0.134 e. The van der Waals surface area contributed by atoms with Crippen molar-refractivity contribution in [2.75, 3.05) is 7.05 Å². The third kappa shape index (κ3) is 2.89. The second-order valence-corrected chi connectivity index (χ2v) is 5.00. The van der Waals surface area contributed by atoms with Gasteiger partial charge in [-0.2, -0.15) is 0 Å². The van der Waals surface area contributed by atoms with Crippen LogP contribution in [0.2, 0.25) is 0 Å². The number of nitrogens with one attached hydrogen (secondary N) is 1. The van der Waals surface area contributed by atoms with Crippen molar-refractivity contribution in [1.82, 2.24) is 5.32 Å². The van der Waals surface area contributed by atoms with E-state index in [0.717, 1.165) is 23.7 Å². The van der Waals surface area contributed by atoms with Gasteiger partial charge in [-0.1, -0.05) is 32.0 Å². The lowest BCUT2D eigenvalue weighted by atomic mass is 10.0. The predicted molar refractivity (Wildman–Crippen MR) is 72.1 cm³/mol. The van der Waals surface area contributed by atoms with Crippen LogP contribution in [0.3, 0.4) is 0 Å². The number of benzene rings is 1. The molecule has 0 amide bonds. The average Bonchev–Trinajstić information content (AvgIpc) is 2.72. The molecule has 0 bridgehead atoms. The highest BCUT2D eigenvalue weighted by Gasteiger charge is 2.14. The van der Waals surface area contributed by atoms with Crippen LogP contribution in [0.15, 0.2) is 34.7 Å². The molecule has 2 aromatic rings. The van der Waals surface area contributed by atoms with Crippen LogP contribution in [0.1, 0.15) is 38.5 Å². The standard InChI is InChI=1S/C15H21NO/c1-11(2)8-9-13(16-3)15-10-12-6-4-5-7-14(12)17-15/h4-7,10-11,13,16H,8-9H2,1-3H3. The van der Waals surface area contributed by atoms with Crippen LogP contribution >= 0.6 is 0 Å². The van der Waals surface area contributed by atoms with Gasteiger partial charge < -0.3 is 9.73 Å². The van der Waals surface area contributed by atoms with Crippen LogP contribution in [-0.2, 0) is 0 Å². The second kappa shape index (κ2) is 5.37. The Bertz CT molecular complexity index is 439. The van der Waals surface area contributed by atoms with Gasteiger partial charge in [0.15, 0.2) is 0 Å². The molecular formula is C15H21NO. The van der Waals surface area contributed by atoms with Crippen LogP contribution in [0.25, 0.3) is 11.0 Å². The van der Waals surface area contributed by atoms with Gasteiger partial charge in [-0.25, -0.2) is 0 Å². The fourth-order valence-corrected chi connectivity index (χ4v) is 2.10. The smallest absolute Gasteiger partial charge is 0.134 e. The van der Waals surface area contributed by atoms with E-state index in [-0.39, 0.29) is 0 Å². The van der Waals surface area contributed by atoms with Gasteiger partial charge in [0.25, 0.3) is 0 Å². The van der Waals surface area contributed by atoms with Gasteiger partial charge in [0.2, 0.25) is 0 Å². The van der Waals surface area contributed by atoms with Crippen molar-refractivity contribution in [3.05, 3.63) is 36.1 Å². The molecule has 1 unspecified atom stereocenters. The zero-order chi connectivity index (χ0) is 12.3. The average molecular weight is 231 g/mol. The molecular weight excluding hydrogens is 210 g/mol. The van der Waals surface area contributed by atoms with Gasteiger partial charge in [0, 0.05) is 5.39 Å². The first kappa shape index (κ1) is 12.2. The molecule has 1 heterocycles. The summed E-state index contributed by atoms with van der Waals surface area (Å²) in [5.41, 5.74) is 0.979. The van der Waals surface area contributed by atoms with Crippen LogP contribution in [0, 0.1) is 5.92 Å². The van der Waals surface area contributed by atoms with E-state index in [4.69, 9.17) is 4.42 Å². The number of hydrogen-bond acceptors (Lipinski definition) is 2. The Labute approximate surface area is 103 Å². The Morgan fingerprint density at radius 2 is 1.94 bits per heavy atom. The molecule has 1 aromatic heterocycles. The van der Waals surface area contributed by atoms with Crippen molar-refractivity contribution in [2.24, 2.45) is 5.92 Å². The second-order valence-electron chi connectivity index (χ2n) is 5.00. The molecule has 0 spiro atoms. The zero-order valence-corrected chi connectivity index (χ0v) is 10.9. The highest BCUT2D eigenvalue weighted by atomic mass is 16.3. The molecule has 0 aliphatic carbocycles. The first-order chi connectivity index (χ1) is 8.20. The highest BCUT2D eigenvalue weighted by molar-refractivity contribution is 5.77. The van der Waals surface area contributed by atoms with Gasteiger partial charge in [0.05, 0.1) is 6.04 Å². The Hall–Kier alpha value is -1.28. The van der Waals surface area contributed by atoms with E-state index in [1.807, 2.05) is 25.2 Å². The molecule has 0 aliphatic heterocycles. The van der Waals surface area contributed by atoms with E-state index in [9.17, 15) is 0 Å². The fraction of sp³-hybridized carbons (Fsp3) is 0.467. The Kier molecular flexibility index (Phi) is 3.85. The molecule has 2 nitrogen and oxygen atoms in total. The molecule has 17 heavy (non-hydrogen) atoms. The van der Waals surface area contributed by atoms with E-state index < -0.39 is 0 Å². The zero-order valence-electron chi connectivity index (χ0n) is 10.9. The number of hydrogen-bond donors (Lipinski definition) is 1. The predicted octanol–water partition coefficient (Wildman–Crippen LogP) is 4.13. The molecule has 0 saturated carbocycles. The van der Waals surface area contributed by atoms with Crippen molar-refractivity contribution >= 4 is 11.0 Å². The van der Waals surface area contributed by atoms with E-state index >= 15 is 0 Å². The third-order valence-corrected chi connectivity index (χ3v) is 3.17.